The first kappa shape index (κ1) is 19.7. The predicted octanol–water partition coefficient (Wildman–Crippen LogP) is 1.24. The second-order valence-electron chi connectivity index (χ2n) is 6.40. The number of hydrogen-bond donors (Lipinski definition) is 1. The molecule has 1 aromatic rings. The average Bonchev–Trinajstić information content (AvgIpc) is 2.37. The first-order valence-electron chi connectivity index (χ1n) is 7.13. The molecule has 0 aliphatic rings. The Balaban J connectivity index is 2.82. The van der Waals surface area contributed by atoms with E-state index in [4.69, 9.17) is 0 Å². The van der Waals surface area contributed by atoms with E-state index in [1.54, 1.807) is 20.8 Å². The van der Waals surface area contributed by atoms with Crippen LogP contribution in [0.2, 0.25) is 0 Å². The van der Waals surface area contributed by atoms with Crippen molar-refractivity contribution >= 4 is 11.8 Å². The summed E-state index contributed by atoms with van der Waals surface area (Å²) in [5.74, 6) is -1.06. The number of halogens is 3. The van der Waals surface area contributed by atoms with Gasteiger partial charge in [0.1, 0.15) is 12.1 Å². The van der Waals surface area contributed by atoms with Crippen molar-refractivity contribution in [3.63, 3.8) is 0 Å². The van der Waals surface area contributed by atoms with Gasteiger partial charge in [0.2, 0.25) is 11.8 Å². The Morgan fingerprint density at radius 1 is 1.25 bits per heavy atom. The fraction of sp³-hybridized carbons (Fsp3) is 0.533. The third-order valence-corrected chi connectivity index (χ3v) is 2.95. The van der Waals surface area contributed by atoms with Crippen molar-refractivity contribution in [3.05, 3.63) is 34.2 Å². The SMILES string of the molecule is CN(CC(=O)NC(C)(C)C)C(=O)Cn1cccc(C(F)(F)F)c1=O. The van der Waals surface area contributed by atoms with Crippen LogP contribution in [0, 0.1) is 0 Å². The third kappa shape index (κ3) is 5.71. The largest absolute Gasteiger partial charge is 0.421 e. The normalized spacial score (nSPS) is 12.0. The van der Waals surface area contributed by atoms with Crippen LogP contribution in [0.5, 0.6) is 0 Å². The van der Waals surface area contributed by atoms with Crippen molar-refractivity contribution < 1.29 is 22.8 Å². The Hall–Kier alpha value is -2.32. The number of alkyl halides is 3. The van der Waals surface area contributed by atoms with Crippen LogP contribution >= 0.6 is 0 Å². The van der Waals surface area contributed by atoms with Gasteiger partial charge in [0, 0.05) is 18.8 Å². The van der Waals surface area contributed by atoms with Crippen molar-refractivity contribution in [1.82, 2.24) is 14.8 Å². The van der Waals surface area contributed by atoms with E-state index in [9.17, 15) is 27.6 Å². The lowest BCUT2D eigenvalue weighted by Gasteiger charge is -2.23. The van der Waals surface area contributed by atoms with Gasteiger partial charge in [-0.3, -0.25) is 14.4 Å². The molecule has 1 N–H and O–H groups in total. The van der Waals surface area contributed by atoms with Crippen molar-refractivity contribution in [2.24, 2.45) is 0 Å². The van der Waals surface area contributed by atoms with Crippen molar-refractivity contribution in [2.45, 2.75) is 39.0 Å². The topological polar surface area (TPSA) is 71.4 Å². The predicted molar refractivity (Wildman–Crippen MR) is 81.2 cm³/mol. The highest BCUT2D eigenvalue weighted by Gasteiger charge is 2.34. The molecule has 1 aromatic heterocycles. The first-order chi connectivity index (χ1) is 10.8. The first-order valence-corrected chi connectivity index (χ1v) is 7.13. The van der Waals surface area contributed by atoms with Crippen LogP contribution in [0.3, 0.4) is 0 Å². The maximum Gasteiger partial charge on any atom is 0.421 e. The number of nitrogens with one attached hydrogen (secondary N) is 1. The number of hydrogen-bond acceptors (Lipinski definition) is 3. The number of likely N-dealkylation sites (N-methyl/N-ethyl adjacent to an activating group) is 1. The molecule has 0 aromatic carbocycles. The van der Waals surface area contributed by atoms with E-state index in [0.29, 0.717) is 10.6 Å². The molecule has 2 amide bonds. The lowest BCUT2D eigenvalue weighted by Crippen LogP contribution is -2.47. The minimum Gasteiger partial charge on any atom is -0.350 e. The molecule has 0 saturated heterocycles. The number of nitrogens with zero attached hydrogens (tertiary/aromatic N) is 2. The molecule has 6 nitrogen and oxygen atoms in total. The van der Waals surface area contributed by atoms with Gasteiger partial charge in [0.15, 0.2) is 0 Å². The summed E-state index contributed by atoms with van der Waals surface area (Å²) < 4.78 is 38.7. The molecule has 0 bridgehead atoms. The Labute approximate surface area is 137 Å². The van der Waals surface area contributed by atoms with Crippen LogP contribution in [-0.2, 0) is 22.3 Å². The molecular formula is C15H20F3N3O3. The van der Waals surface area contributed by atoms with Gasteiger partial charge in [0.25, 0.3) is 5.56 Å². The molecule has 0 aliphatic heterocycles. The number of pyridine rings is 1. The monoisotopic (exact) mass is 347 g/mol. The quantitative estimate of drug-likeness (QED) is 0.891. The maximum atomic E-state index is 12.7. The molecule has 0 fully saturated rings. The van der Waals surface area contributed by atoms with Crippen molar-refractivity contribution in [2.75, 3.05) is 13.6 Å². The Kier molecular flexibility index (Phi) is 5.80. The molecule has 24 heavy (non-hydrogen) atoms. The van der Waals surface area contributed by atoms with Gasteiger partial charge in [-0.25, -0.2) is 0 Å². The van der Waals surface area contributed by atoms with E-state index in [0.717, 1.165) is 17.2 Å². The van der Waals surface area contributed by atoms with E-state index < -0.39 is 41.2 Å². The molecule has 1 rings (SSSR count). The van der Waals surface area contributed by atoms with Crippen molar-refractivity contribution in [3.8, 4) is 0 Å². The van der Waals surface area contributed by atoms with Gasteiger partial charge in [-0.15, -0.1) is 0 Å². The maximum absolute atomic E-state index is 12.7. The van der Waals surface area contributed by atoms with Crippen LogP contribution in [0.4, 0.5) is 13.2 Å². The summed E-state index contributed by atoms with van der Waals surface area (Å²) in [7, 11) is 1.34. The summed E-state index contributed by atoms with van der Waals surface area (Å²) in [6, 6.07) is 1.70. The van der Waals surface area contributed by atoms with E-state index in [1.807, 2.05) is 0 Å². The fourth-order valence-corrected chi connectivity index (χ4v) is 1.90. The smallest absolute Gasteiger partial charge is 0.350 e. The van der Waals surface area contributed by atoms with Gasteiger partial charge in [0.05, 0.1) is 6.54 Å². The zero-order chi connectivity index (χ0) is 18.7. The number of carbonyl (C=O) groups is 2. The lowest BCUT2D eigenvalue weighted by molar-refractivity contribution is -0.139. The molecule has 0 saturated carbocycles. The zero-order valence-electron chi connectivity index (χ0n) is 13.9. The Morgan fingerprint density at radius 3 is 2.33 bits per heavy atom. The van der Waals surface area contributed by atoms with Gasteiger partial charge in [-0.1, -0.05) is 0 Å². The standard InChI is InChI=1S/C15H20F3N3O3/c1-14(2,3)19-11(22)8-20(4)12(23)9-21-7-5-6-10(13(21)24)15(16,17)18/h5-7H,8-9H2,1-4H3,(H,19,22). The summed E-state index contributed by atoms with van der Waals surface area (Å²) >= 11 is 0. The van der Waals surface area contributed by atoms with Crippen molar-refractivity contribution in [1.29, 1.82) is 0 Å². The summed E-state index contributed by atoms with van der Waals surface area (Å²) in [5, 5.41) is 2.66. The van der Waals surface area contributed by atoms with Crippen LogP contribution in [0.15, 0.2) is 23.1 Å². The highest BCUT2D eigenvalue weighted by atomic mass is 19.4. The third-order valence-electron chi connectivity index (χ3n) is 2.95. The number of carbonyl (C=O) groups excluding carboxylic acids is 2. The second kappa shape index (κ2) is 7.06. The summed E-state index contributed by atoms with van der Waals surface area (Å²) in [6.07, 6.45) is -3.69. The molecule has 9 heteroatoms. The Morgan fingerprint density at radius 2 is 1.83 bits per heavy atom. The number of rotatable bonds is 4. The van der Waals surface area contributed by atoms with Gasteiger partial charge >= 0.3 is 6.18 Å². The minimum absolute atomic E-state index is 0.260. The summed E-state index contributed by atoms with van der Waals surface area (Å²) in [5.41, 5.74) is -3.12. The van der Waals surface area contributed by atoms with E-state index in [2.05, 4.69) is 5.32 Å². The second-order valence-corrected chi connectivity index (χ2v) is 6.40. The molecule has 0 atom stereocenters. The summed E-state index contributed by atoms with van der Waals surface area (Å²) in [4.78, 5) is 36.6. The molecular weight excluding hydrogens is 327 g/mol. The Bertz CT molecular complexity index is 675. The van der Waals surface area contributed by atoms with Gasteiger partial charge < -0.3 is 14.8 Å². The van der Waals surface area contributed by atoms with E-state index in [1.165, 1.54) is 7.05 Å². The van der Waals surface area contributed by atoms with Crippen LogP contribution in [0.1, 0.15) is 26.3 Å². The highest BCUT2D eigenvalue weighted by molar-refractivity contribution is 5.84. The van der Waals surface area contributed by atoms with Crippen LogP contribution < -0.4 is 10.9 Å². The molecule has 134 valence electrons. The van der Waals surface area contributed by atoms with Crippen LogP contribution in [0.25, 0.3) is 0 Å². The van der Waals surface area contributed by atoms with Gasteiger partial charge in [-0.2, -0.15) is 13.2 Å². The highest BCUT2D eigenvalue weighted by Crippen LogP contribution is 2.25. The number of amides is 2. The lowest BCUT2D eigenvalue weighted by atomic mass is 10.1. The van der Waals surface area contributed by atoms with Gasteiger partial charge in [-0.05, 0) is 32.9 Å². The zero-order valence-corrected chi connectivity index (χ0v) is 13.9. The van der Waals surface area contributed by atoms with E-state index >= 15 is 0 Å². The summed E-state index contributed by atoms with van der Waals surface area (Å²) in [6.45, 7) is 4.48. The molecule has 0 spiro atoms. The molecule has 1 heterocycles. The average molecular weight is 347 g/mol. The molecule has 0 unspecified atom stereocenters. The molecule has 0 radical (unpaired) electrons. The number of aromatic nitrogens is 1. The van der Waals surface area contributed by atoms with Crippen LogP contribution in [-0.4, -0.2) is 40.4 Å². The molecule has 0 aliphatic carbocycles. The fourth-order valence-electron chi connectivity index (χ4n) is 1.90. The minimum atomic E-state index is -4.79. The van der Waals surface area contributed by atoms with E-state index in [-0.39, 0.29) is 6.54 Å².